The van der Waals surface area contributed by atoms with Crippen molar-refractivity contribution in [1.82, 2.24) is 9.78 Å². The SMILES string of the molecule is CCCCCCCCCCCCCCCCCC(=O)Nc1ccc(C(=O)Nc2[nH]n(-c3ccc(Oc4ccccc4)c(S(=O)(=O)O)c3)c(=O)c2N=Nc2ccc(NS(=O)(=O)c3ccc(C)cc3)cc2)cc1. The van der Waals surface area contributed by atoms with E-state index in [4.69, 9.17) is 4.74 Å². The Morgan fingerprint density at radius 1 is 0.662 bits per heavy atom. The first-order chi connectivity index (χ1) is 34.2. The third-order valence-corrected chi connectivity index (χ3v) is 14.0. The fourth-order valence-electron chi connectivity index (χ4n) is 7.73. The van der Waals surface area contributed by atoms with Gasteiger partial charge in [-0.1, -0.05) is 133 Å². The molecule has 0 unspecified atom stereocenters. The molecule has 16 nitrogen and oxygen atoms in total. The first-order valence-corrected chi connectivity index (χ1v) is 27.1. The highest BCUT2D eigenvalue weighted by atomic mass is 32.2. The number of aryl methyl sites for hydroxylation is 1. The van der Waals surface area contributed by atoms with Crippen LogP contribution in [0.25, 0.3) is 5.69 Å². The van der Waals surface area contributed by atoms with Gasteiger partial charge in [0.05, 0.1) is 16.3 Å². The normalized spacial score (nSPS) is 11.7. The highest BCUT2D eigenvalue weighted by molar-refractivity contribution is 7.92. The number of anilines is 3. The molecule has 6 aromatic rings. The van der Waals surface area contributed by atoms with Crippen molar-refractivity contribution >= 4 is 60.5 Å². The minimum Gasteiger partial charge on any atom is -0.456 e. The van der Waals surface area contributed by atoms with Crippen molar-refractivity contribution in [3.8, 4) is 17.2 Å². The number of para-hydroxylation sites is 1. The lowest BCUT2D eigenvalue weighted by molar-refractivity contribution is -0.116. The van der Waals surface area contributed by atoms with Gasteiger partial charge in [-0.2, -0.15) is 13.5 Å². The quantitative estimate of drug-likeness (QED) is 0.0178. The molecule has 0 radical (unpaired) electrons. The summed E-state index contributed by atoms with van der Waals surface area (Å²) in [6.07, 6.45) is 19.0. The van der Waals surface area contributed by atoms with E-state index in [2.05, 4.69) is 37.6 Å². The van der Waals surface area contributed by atoms with Crippen molar-refractivity contribution in [1.29, 1.82) is 0 Å². The third-order valence-electron chi connectivity index (χ3n) is 11.7. The zero-order valence-corrected chi connectivity index (χ0v) is 41.9. The topological polar surface area (TPSA) is 230 Å². The minimum absolute atomic E-state index is 0.0744. The van der Waals surface area contributed by atoms with Gasteiger partial charge in [0.25, 0.3) is 26.0 Å². The number of sulfonamides is 1. The zero-order valence-electron chi connectivity index (χ0n) is 40.2. The van der Waals surface area contributed by atoms with Crippen LogP contribution in [0.3, 0.4) is 0 Å². The molecular weight excluding hydrogens is 943 g/mol. The Kier molecular flexibility index (Phi) is 19.8. The summed E-state index contributed by atoms with van der Waals surface area (Å²) in [7, 11) is -8.79. The standard InChI is InChI=1S/C53H63N7O9S2/c1-3-4-5-6-7-8-9-10-11-12-13-14-15-16-20-23-49(61)54-41-28-26-40(27-29-41)52(62)55-51-50(57-56-42-30-32-43(33-31-42)59-70(64,65)46-35-24-39(2)25-36-46)53(63)60(58-51)44-34-37-47(48(38-44)71(66,67)68)69-45-21-18-17-19-22-45/h17-19,21-22,24-38,58-59H,3-16,20,23H2,1-2H3,(H,54,61)(H,55,62)(H,66,67,68). The van der Waals surface area contributed by atoms with Crippen LogP contribution in [0, 0.1) is 6.92 Å². The largest absolute Gasteiger partial charge is 0.456 e. The Balaban J connectivity index is 1.10. The van der Waals surface area contributed by atoms with E-state index >= 15 is 0 Å². The summed E-state index contributed by atoms with van der Waals surface area (Å²) in [4.78, 5) is 39.9. The van der Waals surface area contributed by atoms with Gasteiger partial charge in [-0.25, -0.2) is 13.1 Å². The summed E-state index contributed by atoms with van der Waals surface area (Å²) in [5.74, 6) is -0.936. The zero-order chi connectivity index (χ0) is 50.6. The highest BCUT2D eigenvalue weighted by Gasteiger charge is 2.23. The molecule has 18 heteroatoms. The van der Waals surface area contributed by atoms with Crippen LogP contribution >= 0.6 is 0 Å². The fraction of sp³-hybridized carbons (Fsp3) is 0.340. The lowest BCUT2D eigenvalue weighted by Gasteiger charge is -2.11. The van der Waals surface area contributed by atoms with E-state index in [1.165, 1.54) is 138 Å². The van der Waals surface area contributed by atoms with Gasteiger partial charge in [-0.3, -0.25) is 28.8 Å². The van der Waals surface area contributed by atoms with Gasteiger partial charge in [0.1, 0.15) is 16.4 Å². The van der Waals surface area contributed by atoms with E-state index in [-0.39, 0.29) is 56.4 Å². The molecule has 0 aliphatic rings. The van der Waals surface area contributed by atoms with Crippen molar-refractivity contribution in [2.45, 2.75) is 126 Å². The summed E-state index contributed by atoms with van der Waals surface area (Å²) in [6, 6.07) is 30.3. The molecule has 2 amide bonds. The summed E-state index contributed by atoms with van der Waals surface area (Å²) in [6.45, 7) is 4.09. The van der Waals surface area contributed by atoms with Gasteiger partial charge in [-0.15, -0.1) is 5.11 Å². The molecule has 0 aliphatic heterocycles. The molecule has 0 saturated heterocycles. The van der Waals surface area contributed by atoms with Crippen LogP contribution in [-0.2, 0) is 24.9 Å². The van der Waals surface area contributed by atoms with Gasteiger partial charge in [0, 0.05) is 23.4 Å². The van der Waals surface area contributed by atoms with E-state index in [9.17, 15) is 35.8 Å². The number of aromatic amines is 1. The minimum atomic E-state index is -4.90. The van der Waals surface area contributed by atoms with Gasteiger partial charge < -0.3 is 15.4 Å². The molecule has 376 valence electrons. The summed E-state index contributed by atoms with van der Waals surface area (Å²) in [5, 5.41) is 16.6. The monoisotopic (exact) mass is 1010 g/mol. The van der Waals surface area contributed by atoms with Crippen molar-refractivity contribution in [2.24, 2.45) is 10.2 Å². The molecule has 0 aliphatic carbocycles. The maximum absolute atomic E-state index is 14.1. The number of amides is 2. The van der Waals surface area contributed by atoms with E-state index in [1.54, 1.807) is 54.6 Å². The maximum Gasteiger partial charge on any atom is 0.301 e. The number of nitrogens with one attached hydrogen (secondary N) is 4. The second-order valence-electron chi connectivity index (χ2n) is 17.4. The van der Waals surface area contributed by atoms with Crippen molar-refractivity contribution in [3.63, 3.8) is 0 Å². The summed E-state index contributed by atoms with van der Waals surface area (Å²) < 4.78 is 70.4. The number of unbranched alkanes of at least 4 members (excludes halogenated alkanes) is 14. The molecule has 71 heavy (non-hydrogen) atoms. The molecule has 0 fully saturated rings. The predicted molar refractivity (Wildman–Crippen MR) is 278 cm³/mol. The Labute approximate surface area is 416 Å². The van der Waals surface area contributed by atoms with Crippen LogP contribution in [0.15, 0.2) is 146 Å². The number of carbonyl (C=O) groups excluding carboxylic acids is 2. The fourth-order valence-corrected chi connectivity index (χ4v) is 9.43. The first-order valence-electron chi connectivity index (χ1n) is 24.2. The van der Waals surface area contributed by atoms with Gasteiger partial charge >= 0.3 is 5.56 Å². The average molecular weight is 1010 g/mol. The molecule has 0 atom stereocenters. The van der Waals surface area contributed by atoms with Gasteiger partial charge in [-0.05, 0) is 104 Å². The second-order valence-corrected chi connectivity index (χ2v) is 20.5. The van der Waals surface area contributed by atoms with Crippen LogP contribution in [-0.4, -0.2) is 43.0 Å². The van der Waals surface area contributed by atoms with E-state index < -0.39 is 36.5 Å². The molecule has 1 aromatic heterocycles. The number of hydrogen-bond donors (Lipinski definition) is 5. The molecule has 1 heterocycles. The smallest absolute Gasteiger partial charge is 0.301 e. The second kappa shape index (κ2) is 26.4. The van der Waals surface area contributed by atoms with Crippen LogP contribution in [0.4, 0.5) is 28.6 Å². The third kappa shape index (κ3) is 16.6. The van der Waals surface area contributed by atoms with Crippen LogP contribution in [0.5, 0.6) is 11.5 Å². The number of rotatable bonds is 28. The Bertz CT molecular complexity index is 2990. The Morgan fingerprint density at radius 2 is 1.24 bits per heavy atom. The molecule has 6 rings (SSSR count). The number of nitrogens with zero attached hydrogens (tertiary/aromatic N) is 3. The molecular formula is C53H63N7O9S2. The number of H-pyrrole nitrogens is 1. The Morgan fingerprint density at radius 3 is 1.83 bits per heavy atom. The van der Waals surface area contributed by atoms with Crippen LogP contribution < -0.4 is 25.7 Å². The van der Waals surface area contributed by atoms with Crippen molar-refractivity contribution in [2.75, 3.05) is 15.4 Å². The van der Waals surface area contributed by atoms with Gasteiger partial charge in [0.2, 0.25) is 5.91 Å². The Hall–Kier alpha value is -6.89. The van der Waals surface area contributed by atoms with Gasteiger partial charge in [0.15, 0.2) is 11.5 Å². The van der Waals surface area contributed by atoms with E-state index in [1.807, 2.05) is 6.92 Å². The van der Waals surface area contributed by atoms with Crippen LogP contribution in [0.2, 0.25) is 0 Å². The highest BCUT2D eigenvalue weighted by Crippen LogP contribution is 2.32. The first kappa shape index (κ1) is 53.5. The lowest BCUT2D eigenvalue weighted by Crippen LogP contribution is -2.15. The molecule has 0 saturated carbocycles. The van der Waals surface area contributed by atoms with Crippen molar-refractivity contribution < 1.29 is 35.7 Å². The molecule has 5 N–H and O–H groups in total. The van der Waals surface area contributed by atoms with Crippen LogP contribution in [0.1, 0.15) is 126 Å². The van der Waals surface area contributed by atoms with E-state index in [0.29, 0.717) is 12.1 Å². The summed E-state index contributed by atoms with van der Waals surface area (Å²) in [5.41, 5.74) is 0.699. The van der Waals surface area contributed by atoms with Crippen molar-refractivity contribution in [3.05, 3.63) is 143 Å². The number of carbonyl (C=O) groups is 2. The maximum atomic E-state index is 14.1. The number of azo groups is 1. The molecule has 5 aromatic carbocycles. The predicted octanol–water partition coefficient (Wildman–Crippen LogP) is 13.2. The number of benzene rings is 5. The average Bonchev–Trinajstić information content (AvgIpc) is 3.66. The number of hydrogen-bond acceptors (Lipinski definition) is 10. The molecule has 0 bridgehead atoms. The number of aromatic nitrogens is 2. The summed E-state index contributed by atoms with van der Waals surface area (Å²) >= 11 is 0. The lowest BCUT2D eigenvalue weighted by atomic mass is 10.0. The number of ether oxygens (including phenoxy) is 1. The molecule has 0 spiro atoms. The van der Waals surface area contributed by atoms with E-state index in [0.717, 1.165) is 35.6 Å².